The number of benzene rings is 2. The average molecular weight is 487 g/mol. The van der Waals surface area contributed by atoms with E-state index in [0.717, 1.165) is 12.2 Å². The summed E-state index contributed by atoms with van der Waals surface area (Å²) in [7, 11) is 0. The molecule has 0 unspecified atom stereocenters. The molecule has 0 aliphatic rings. The van der Waals surface area contributed by atoms with Crippen LogP contribution in [0, 0.1) is 0 Å². The first-order valence-electron chi connectivity index (χ1n) is 12.5. The summed E-state index contributed by atoms with van der Waals surface area (Å²) in [6.45, 7) is 2.95. The minimum absolute atomic E-state index is 0.169. The van der Waals surface area contributed by atoms with Gasteiger partial charge in [-0.15, -0.1) is 0 Å². The van der Waals surface area contributed by atoms with Gasteiger partial charge in [0.15, 0.2) is 0 Å². The number of carboxylic acid groups (broad SMARTS) is 1. The van der Waals surface area contributed by atoms with Gasteiger partial charge in [-0.1, -0.05) is 77.6 Å². The van der Waals surface area contributed by atoms with Crippen LogP contribution < -0.4 is 8.92 Å². The van der Waals surface area contributed by atoms with Crippen LogP contribution >= 0.6 is 12.0 Å². The number of aromatic carboxylic acids is 1. The van der Waals surface area contributed by atoms with Gasteiger partial charge in [0.1, 0.15) is 23.5 Å². The maximum Gasteiger partial charge on any atom is 0.335 e. The number of carboxylic acids is 1. The van der Waals surface area contributed by atoms with Gasteiger partial charge in [0.2, 0.25) is 0 Å². The van der Waals surface area contributed by atoms with Gasteiger partial charge in [-0.05, 0) is 55.0 Å². The van der Waals surface area contributed by atoms with Gasteiger partial charge in [-0.2, -0.15) is 0 Å². The summed E-state index contributed by atoms with van der Waals surface area (Å²) in [6, 6.07) is 13.0. The van der Waals surface area contributed by atoms with E-state index >= 15 is 0 Å². The first kappa shape index (κ1) is 27.8. The molecule has 0 radical (unpaired) electrons. The molecule has 1 N–H and O–H groups in total. The highest BCUT2D eigenvalue weighted by Crippen LogP contribution is 2.22. The van der Waals surface area contributed by atoms with E-state index in [9.17, 15) is 9.59 Å². The summed E-state index contributed by atoms with van der Waals surface area (Å²) < 4.78 is 11.2. The minimum atomic E-state index is -1.00. The second kappa shape index (κ2) is 17.0. The third kappa shape index (κ3) is 11.6. The summed E-state index contributed by atoms with van der Waals surface area (Å²) in [6.07, 6.45) is 15.8. The molecule has 0 saturated heterocycles. The second-order valence-corrected chi connectivity index (χ2v) is 9.25. The summed E-state index contributed by atoms with van der Waals surface area (Å²) in [4.78, 5) is 23.2. The number of rotatable bonds is 18. The Morgan fingerprint density at radius 2 is 1.15 bits per heavy atom. The molecule has 0 aliphatic heterocycles. The van der Waals surface area contributed by atoms with Crippen molar-refractivity contribution in [3.63, 3.8) is 0 Å². The Bertz CT molecular complexity index is 833. The largest absolute Gasteiger partial charge is 0.494 e. The third-order valence-corrected chi connectivity index (χ3v) is 6.33. The maximum absolute atomic E-state index is 12.3. The van der Waals surface area contributed by atoms with Crippen molar-refractivity contribution < 1.29 is 23.6 Å². The lowest BCUT2D eigenvalue weighted by Gasteiger charge is -2.07. The Kier molecular flexibility index (Phi) is 13.9. The fraction of sp³-hybridized carbons (Fsp3) is 0.500. The summed E-state index contributed by atoms with van der Waals surface area (Å²) in [5, 5.41) is 8.68. The topological polar surface area (TPSA) is 72.8 Å². The van der Waals surface area contributed by atoms with Crippen molar-refractivity contribution in [3.05, 3.63) is 59.7 Å². The number of hydrogen-bond donors (Lipinski definition) is 1. The van der Waals surface area contributed by atoms with Gasteiger partial charge in [0.25, 0.3) is 5.12 Å². The van der Waals surface area contributed by atoms with Crippen molar-refractivity contribution in [2.45, 2.75) is 84.0 Å². The molecule has 2 rings (SSSR count). The first-order chi connectivity index (χ1) is 16.6. The fourth-order valence-electron chi connectivity index (χ4n) is 3.61. The molecule has 0 aromatic heterocycles. The van der Waals surface area contributed by atoms with E-state index in [-0.39, 0.29) is 10.7 Å². The molecule has 0 spiro atoms. The fourth-order valence-corrected chi connectivity index (χ4v) is 4.12. The van der Waals surface area contributed by atoms with Crippen LogP contribution in [0.3, 0.4) is 0 Å². The van der Waals surface area contributed by atoms with Crippen LogP contribution in [0.1, 0.15) is 105 Å². The zero-order valence-corrected chi connectivity index (χ0v) is 21.1. The molecule has 6 heteroatoms. The molecule has 0 saturated carbocycles. The Morgan fingerprint density at radius 1 is 0.676 bits per heavy atom. The van der Waals surface area contributed by atoms with Crippen LogP contribution in [0.4, 0.5) is 0 Å². The number of hydrogen-bond acceptors (Lipinski definition) is 5. The SMILES string of the molecule is CCCCCCCCCCCCCCOc1ccc(C(=O)SOc2ccc(C(=O)O)cc2)cc1. The van der Waals surface area contributed by atoms with Crippen molar-refractivity contribution >= 4 is 23.1 Å². The second-order valence-electron chi connectivity index (χ2n) is 8.55. The number of ether oxygens (including phenoxy) is 1. The van der Waals surface area contributed by atoms with Crippen LogP contribution in [-0.4, -0.2) is 22.8 Å². The molecular formula is C28H38O5S. The molecule has 186 valence electrons. The van der Waals surface area contributed by atoms with Gasteiger partial charge in [0, 0.05) is 5.56 Å². The quantitative estimate of drug-likeness (QED) is 0.169. The van der Waals surface area contributed by atoms with E-state index in [1.807, 2.05) is 0 Å². The molecule has 0 heterocycles. The zero-order valence-electron chi connectivity index (χ0n) is 20.3. The smallest absolute Gasteiger partial charge is 0.335 e. The van der Waals surface area contributed by atoms with E-state index < -0.39 is 5.97 Å². The van der Waals surface area contributed by atoms with E-state index in [4.69, 9.17) is 14.0 Å². The number of carbonyl (C=O) groups is 2. The molecule has 34 heavy (non-hydrogen) atoms. The Labute approximate surface area is 208 Å². The van der Waals surface area contributed by atoms with Gasteiger partial charge in [-0.3, -0.25) is 4.79 Å². The van der Waals surface area contributed by atoms with Crippen molar-refractivity contribution in [1.82, 2.24) is 0 Å². The van der Waals surface area contributed by atoms with Crippen molar-refractivity contribution in [3.8, 4) is 11.5 Å². The van der Waals surface area contributed by atoms with Gasteiger partial charge >= 0.3 is 5.97 Å². The van der Waals surface area contributed by atoms with Crippen LogP contribution in [-0.2, 0) is 0 Å². The molecule has 0 aliphatic carbocycles. The third-order valence-electron chi connectivity index (χ3n) is 5.67. The predicted octanol–water partition coefficient (Wildman–Crippen LogP) is 8.33. The maximum atomic E-state index is 12.3. The highest BCUT2D eigenvalue weighted by atomic mass is 32.2. The zero-order chi connectivity index (χ0) is 24.4. The first-order valence-corrected chi connectivity index (χ1v) is 13.3. The summed E-state index contributed by atoms with van der Waals surface area (Å²) in [5.74, 6) is 0.178. The molecular weight excluding hydrogens is 448 g/mol. The van der Waals surface area contributed by atoms with E-state index in [1.165, 1.54) is 94.9 Å². The highest BCUT2D eigenvalue weighted by Gasteiger charge is 2.10. The minimum Gasteiger partial charge on any atom is -0.494 e. The number of carbonyl (C=O) groups excluding carboxylic acids is 1. The molecule has 0 amide bonds. The molecule has 0 fully saturated rings. The highest BCUT2D eigenvalue weighted by molar-refractivity contribution is 8.10. The molecule has 0 bridgehead atoms. The van der Waals surface area contributed by atoms with Crippen LogP contribution in [0.2, 0.25) is 0 Å². The van der Waals surface area contributed by atoms with Crippen LogP contribution in [0.25, 0.3) is 0 Å². The Balaban J connectivity index is 1.52. The normalized spacial score (nSPS) is 10.7. The lowest BCUT2D eigenvalue weighted by Crippen LogP contribution is -2.00. The average Bonchev–Trinajstić information content (AvgIpc) is 2.86. The predicted molar refractivity (Wildman–Crippen MR) is 139 cm³/mol. The van der Waals surface area contributed by atoms with Crippen LogP contribution in [0.15, 0.2) is 48.5 Å². The number of unbranched alkanes of at least 4 members (excludes halogenated alkanes) is 11. The van der Waals surface area contributed by atoms with Gasteiger partial charge < -0.3 is 14.0 Å². The van der Waals surface area contributed by atoms with E-state index in [1.54, 1.807) is 24.3 Å². The van der Waals surface area contributed by atoms with Crippen molar-refractivity contribution in [2.24, 2.45) is 0 Å². The van der Waals surface area contributed by atoms with E-state index in [0.29, 0.717) is 30.0 Å². The van der Waals surface area contributed by atoms with E-state index in [2.05, 4.69) is 6.92 Å². The standard InChI is InChI=1S/C28H38O5S/c1-2-3-4-5-6-7-8-9-10-11-12-13-22-32-25-18-16-24(17-19-25)28(31)34-33-26-20-14-23(15-21-26)27(29)30/h14-21H,2-13,22H2,1H3,(H,29,30). The molecule has 2 aromatic carbocycles. The molecule has 2 aromatic rings. The summed E-state index contributed by atoms with van der Waals surface area (Å²) in [5.41, 5.74) is 0.688. The molecule has 0 atom stereocenters. The van der Waals surface area contributed by atoms with Crippen LogP contribution in [0.5, 0.6) is 11.5 Å². The van der Waals surface area contributed by atoms with Gasteiger partial charge in [-0.25, -0.2) is 4.79 Å². The summed E-state index contributed by atoms with van der Waals surface area (Å²) >= 11 is 0.714. The van der Waals surface area contributed by atoms with Crippen molar-refractivity contribution in [1.29, 1.82) is 0 Å². The van der Waals surface area contributed by atoms with Gasteiger partial charge in [0.05, 0.1) is 12.2 Å². The molecule has 5 nitrogen and oxygen atoms in total. The Hall–Kier alpha value is -2.47. The lowest BCUT2D eigenvalue weighted by molar-refractivity contribution is 0.0696. The lowest BCUT2D eigenvalue weighted by atomic mass is 10.1. The Morgan fingerprint density at radius 3 is 1.68 bits per heavy atom. The monoisotopic (exact) mass is 486 g/mol. The van der Waals surface area contributed by atoms with Crippen molar-refractivity contribution in [2.75, 3.05) is 6.61 Å².